The number of hydrogen-bond acceptors (Lipinski definition) is 9. The summed E-state index contributed by atoms with van der Waals surface area (Å²) in [7, 11) is 0. The maximum Gasteiger partial charge on any atom is 0.255 e. The lowest BCUT2D eigenvalue weighted by molar-refractivity contribution is 0.286. The zero-order valence-electron chi connectivity index (χ0n) is 17.4. The molecule has 0 aromatic carbocycles. The predicted octanol–water partition coefficient (Wildman–Crippen LogP) is 2.58. The van der Waals surface area contributed by atoms with Crippen molar-refractivity contribution in [1.82, 2.24) is 29.9 Å². The molecule has 0 aliphatic rings. The predicted molar refractivity (Wildman–Crippen MR) is 110 cm³/mol. The highest BCUT2D eigenvalue weighted by atomic mass is 16.5. The van der Waals surface area contributed by atoms with Crippen LogP contribution in [0.1, 0.15) is 38.1 Å². The molecule has 0 bridgehead atoms. The Morgan fingerprint density at radius 3 is 2.00 bits per heavy atom. The number of aryl methyl sites for hydroxylation is 2. The van der Waals surface area contributed by atoms with Crippen molar-refractivity contribution < 1.29 is 14.6 Å². The van der Waals surface area contributed by atoms with Gasteiger partial charge in [0.05, 0.1) is 36.7 Å². The minimum Gasteiger partial charge on any atom is -0.493 e. The highest BCUT2D eigenvalue weighted by Crippen LogP contribution is 2.26. The van der Waals surface area contributed by atoms with Crippen molar-refractivity contribution in [3.8, 4) is 40.7 Å². The molecule has 158 valence electrons. The van der Waals surface area contributed by atoms with Crippen LogP contribution in [0.25, 0.3) is 23.0 Å². The second kappa shape index (κ2) is 9.29. The normalized spacial score (nSPS) is 10.8. The van der Waals surface area contributed by atoms with E-state index in [2.05, 4.69) is 29.9 Å². The third-order valence-electron chi connectivity index (χ3n) is 4.00. The highest BCUT2D eigenvalue weighted by molar-refractivity contribution is 5.60. The number of H-pyrrole nitrogens is 1. The highest BCUT2D eigenvalue weighted by Gasteiger charge is 2.18. The van der Waals surface area contributed by atoms with Gasteiger partial charge < -0.3 is 19.6 Å². The number of rotatable bonds is 8. The van der Waals surface area contributed by atoms with Crippen LogP contribution in [0.3, 0.4) is 0 Å². The Morgan fingerprint density at radius 1 is 0.867 bits per heavy atom. The molecule has 0 unspecified atom stereocenters. The average molecular weight is 412 g/mol. The molecular weight excluding hydrogens is 388 g/mol. The monoisotopic (exact) mass is 412 g/mol. The molecule has 0 aliphatic heterocycles. The molecule has 2 N–H and O–H groups in total. The van der Waals surface area contributed by atoms with Crippen LogP contribution in [0, 0.1) is 13.8 Å². The fourth-order valence-electron chi connectivity index (χ4n) is 2.67. The van der Waals surface area contributed by atoms with Gasteiger partial charge in [0.25, 0.3) is 5.56 Å². The number of nitrogens with zero attached hydrogens (tertiary/aromatic N) is 5. The molecule has 0 saturated carbocycles. The van der Waals surface area contributed by atoms with Crippen LogP contribution < -0.4 is 15.0 Å². The standard InChI is InChI=1S/C20H24N6O4/c1-5-7-29-15-10-16(30-8-6-2)26-20(25-15)18-12(4)21-17(11(3)22-18)19-23-13(27)9-14(28)24-19/h9-10H,5-8H2,1-4H3,(H2,23,24,27,28). The summed E-state index contributed by atoms with van der Waals surface area (Å²) in [6.07, 6.45) is 1.68. The SMILES string of the molecule is CCCOc1cc(OCCC)nc(-c2nc(C)c(-c3nc(O)cc(=O)[nH]3)nc2C)n1. The summed E-state index contributed by atoms with van der Waals surface area (Å²) >= 11 is 0. The molecule has 3 rings (SSSR count). The Morgan fingerprint density at radius 2 is 1.43 bits per heavy atom. The van der Waals surface area contributed by atoms with Crippen molar-refractivity contribution >= 4 is 0 Å². The van der Waals surface area contributed by atoms with Crippen molar-refractivity contribution in [2.45, 2.75) is 40.5 Å². The van der Waals surface area contributed by atoms with Crippen LogP contribution in [-0.2, 0) is 0 Å². The fourth-order valence-corrected chi connectivity index (χ4v) is 2.67. The van der Waals surface area contributed by atoms with E-state index in [-0.39, 0.29) is 5.82 Å². The lowest BCUT2D eigenvalue weighted by atomic mass is 10.2. The van der Waals surface area contributed by atoms with E-state index in [1.54, 1.807) is 19.9 Å². The van der Waals surface area contributed by atoms with E-state index in [1.165, 1.54) is 0 Å². The summed E-state index contributed by atoms with van der Waals surface area (Å²) in [6.45, 7) is 8.52. The number of aromatic amines is 1. The van der Waals surface area contributed by atoms with E-state index in [9.17, 15) is 9.90 Å². The molecule has 10 heteroatoms. The van der Waals surface area contributed by atoms with Crippen molar-refractivity contribution in [1.29, 1.82) is 0 Å². The maximum atomic E-state index is 11.7. The van der Waals surface area contributed by atoms with Gasteiger partial charge in [-0.2, -0.15) is 15.0 Å². The average Bonchev–Trinajstić information content (AvgIpc) is 2.71. The number of aromatic nitrogens is 6. The Kier molecular flexibility index (Phi) is 6.55. The van der Waals surface area contributed by atoms with Crippen LogP contribution in [-0.4, -0.2) is 48.2 Å². The molecule has 3 aromatic rings. The number of ether oxygens (including phenoxy) is 2. The van der Waals surface area contributed by atoms with Gasteiger partial charge in [-0.25, -0.2) is 9.97 Å². The van der Waals surface area contributed by atoms with Crippen LogP contribution in [0.5, 0.6) is 17.6 Å². The number of nitrogens with one attached hydrogen (secondary N) is 1. The van der Waals surface area contributed by atoms with Crippen molar-refractivity contribution in [2.75, 3.05) is 13.2 Å². The first-order valence-electron chi connectivity index (χ1n) is 9.72. The molecule has 3 heterocycles. The zero-order valence-corrected chi connectivity index (χ0v) is 17.4. The first kappa shape index (κ1) is 21.2. The Bertz CT molecular complexity index is 1070. The summed E-state index contributed by atoms with van der Waals surface area (Å²) < 4.78 is 11.3. The summed E-state index contributed by atoms with van der Waals surface area (Å²) in [5.41, 5.74) is 1.34. The van der Waals surface area contributed by atoms with Crippen LogP contribution in [0.4, 0.5) is 0 Å². The van der Waals surface area contributed by atoms with Crippen LogP contribution in [0.2, 0.25) is 0 Å². The van der Waals surface area contributed by atoms with E-state index >= 15 is 0 Å². The van der Waals surface area contributed by atoms with Crippen LogP contribution in [0.15, 0.2) is 16.9 Å². The van der Waals surface area contributed by atoms with E-state index in [4.69, 9.17) is 9.47 Å². The van der Waals surface area contributed by atoms with Crippen molar-refractivity contribution in [2.24, 2.45) is 0 Å². The molecule has 0 atom stereocenters. The minimum atomic E-state index is -0.484. The Labute approximate surface area is 173 Å². The lowest BCUT2D eigenvalue weighted by Crippen LogP contribution is -2.10. The van der Waals surface area contributed by atoms with E-state index < -0.39 is 11.4 Å². The number of hydrogen-bond donors (Lipinski definition) is 2. The fraction of sp³-hybridized carbons (Fsp3) is 0.400. The first-order chi connectivity index (χ1) is 14.4. The third kappa shape index (κ3) is 4.88. The van der Waals surface area contributed by atoms with Gasteiger partial charge in [0.2, 0.25) is 17.6 Å². The zero-order chi connectivity index (χ0) is 21.7. The smallest absolute Gasteiger partial charge is 0.255 e. The van der Waals surface area contributed by atoms with Gasteiger partial charge in [0, 0.05) is 0 Å². The Balaban J connectivity index is 2.06. The lowest BCUT2D eigenvalue weighted by Gasteiger charge is -2.12. The number of aromatic hydroxyl groups is 1. The molecule has 0 saturated heterocycles. The third-order valence-corrected chi connectivity index (χ3v) is 4.00. The van der Waals surface area contributed by atoms with Gasteiger partial charge in [-0.1, -0.05) is 13.8 Å². The summed E-state index contributed by atoms with van der Waals surface area (Å²) in [5.74, 6) is 0.863. The molecule has 0 radical (unpaired) electrons. The quantitative estimate of drug-likeness (QED) is 0.572. The second-order valence-corrected chi connectivity index (χ2v) is 6.61. The second-order valence-electron chi connectivity index (χ2n) is 6.61. The van der Waals surface area contributed by atoms with Gasteiger partial charge in [-0.15, -0.1) is 0 Å². The molecule has 10 nitrogen and oxygen atoms in total. The minimum absolute atomic E-state index is 0.132. The van der Waals surface area contributed by atoms with Crippen molar-refractivity contribution in [3.05, 3.63) is 33.9 Å². The molecule has 3 aromatic heterocycles. The molecule has 0 amide bonds. The van der Waals surface area contributed by atoms with Gasteiger partial charge in [0.1, 0.15) is 11.4 Å². The topological polar surface area (TPSA) is 136 Å². The summed E-state index contributed by atoms with van der Waals surface area (Å²) in [5, 5.41) is 9.62. The Hall–Kier alpha value is -3.56. The molecule has 0 spiro atoms. The van der Waals surface area contributed by atoms with Crippen LogP contribution >= 0.6 is 0 Å². The first-order valence-corrected chi connectivity index (χ1v) is 9.72. The molecule has 0 fully saturated rings. The van der Waals surface area contributed by atoms with E-state index in [0.29, 0.717) is 53.6 Å². The van der Waals surface area contributed by atoms with Crippen molar-refractivity contribution in [3.63, 3.8) is 0 Å². The molecule has 0 aliphatic carbocycles. The van der Waals surface area contributed by atoms with Gasteiger partial charge >= 0.3 is 0 Å². The van der Waals surface area contributed by atoms with Gasteiger partial charge in [-0.3, -0.25) is 4.79 Å². The maximum absolute atomic E-state index is 11.7. The summed E-state index contributed by atoms with van der Waals surface area (Å²) in [6, 6.07) is 2.64. The van der Waals surface area contributed by atoms with E-state index in [1.807, 2.05) is 13.8 Å². The van der Waals surface area contributed by atoms with E-state index in [0.717, 1.165) is 18.9 Å². The molecular formula is C20H24N6O4. The van der Waals surface area contributed by atoms with Gasteiger partial charge in [-0.05, 0) is 26.7 Å². The summed E-state index contributed by atoms with van der Waals surface area (Å²) in [4.78, 5) is 36.2. The molecule has 30 heavy (non-hydrogen) atoms. The largest absolute Gasteiger partial charge is 0.493 e. The van der Waals surface area contributed by atoms with Gasteiger partial charge in [0.15, 0.2) is 11.6 Å².